The lowest BCUT2D eigenvalue weighted by atomic mass is 10.1. The molecule has 0 unspecified atom stereocenters. The van der Waals surface area contributed by atoms with Gasteiger partial charge in [0.25, 0.3) is 0 Å². The molecule has 1 amide bonds. The van der Waals surface area contributed by atoms with Gasteiger partial charge in [0.15, 0.2) is 0 Å². The molecule has 0 aliphatic carbocycles. The Bertz CT molecular complexity index is 416. The maximum absolute atomic E-state index is 11.9. The highest BCUT2D eigenvalue weighted by Crippen LogP contribution is 2.22. The first-order chi connectivity index (χ1) is 8.66. The van der Waals surface area contributed by atoms with Crippen LogP contribution in [0.1, 0.15) is 11.8 Å². The summed E-state index contributed by atoms with van der Waals surface area (Å²) in [5, 5.41) is 6.13. The van der Waals surface area contributed by atoms with Crippen molar-refractivity contribution in [3.05, 3.63) is 20.8 Å². The Morgan fingerprint density at radius 3 is 3.05 bits per heavy atom. The number of rotatable bonds is 4. The number of thiophene rings is 1. The van der Waals surface area contributed by atoms with Gasteiger partial charge in [0.2, 0.25) is 5.91 Å². The molecule has 2 N–H and O–H groups in total. The molecule has 1 aliphatic rings. The van der Waals surface area contributed by atoms with Crippen molar-refractivity contribution in [1.29, 1.82) is 0 Å². The van der Waals surface area contributed by atoms with E-state index in [0.717, 1.165) is 16.8 Å². The summed E-state index contributed by atoms with van der Waals surface area (Å²) < 4.78 is 6.58. The fourth-order valence-electron chi connectivity index (χ4n) is 1.93. The Balaban J connectivity index is 0.00000180. The van der Waals surface area contributed by atoms with E-state index in [1.54, 1.807) is 11.3 Å². The maximum Gasteiger partial charge on any atom is 0.239 e. The summed E-state index contributed by atoms with van der Waals surface area (Å²) >= 11 is 5.13. The lowest BCUT2D eigenvalue weighted by molar-refractivity contribution is -0.128. The van der Waals surface area contributed by atoms with Crippen molar-refractivity contribution in [2.45, 2.75) is 25.5 Å². The highest BCUT2D eigenvalue weighted by Gasteiger charge is 2.27. The van der Waals surface area contributed by atoms with E-state index >= 15 is 0 Å². The van der Waals surface area contributed by atoms with E-state index in [4.69, 9.17) is 4.74 Å². The highest BCUT2D eigenvalue weighted by molar-refractivity contribution is 9.11. The molecule has 1 aliphatic heterocycles. The molecule has 108 valence electrons. The number of halogens is 2. The molecule has 19 heavy (non-hydrogen) atoms. The molecule has 0 spiro atoms. The van der Waals surface area contributed by atoms with Crippen LogP contribution in [0, 0.1) is 0 Å². The predicted molar refractivity (Wildman–Crippen MR) is 83.2 cm³/mol. The van der Waals surface area contributed by atoms with Gasteiger partial charge in [-0.1, -0.05) is 0 Å². The van der Waals surface area contributed by atoms with Crippen LogP contribution in [0.4, 0.5) is 0 Å². The van der Waals surface area contributed by atoms with Crippen molar-refractivity contribution < 1.29 is 9.53 Å². The molecular weight excluding hydrogens is 352 g/mol. The fraction of sp³-hybridized carbons (Fsp3) is 0.583. The average molecular weight is 370 g/mol. The van der Waals surface area contributed by atoms with Gasteiger partial charge in [-0.15, -0.1) is 23.7 Å². The van der Waals surface area contributed by atoms with Crippen LogP contribution in [0.15, 0.2) is 15.9 Å². The lowest BCUT2D eigenvalue weighted by Gasteiger charge is -2.29. The Labute approximate surface area is 131 Å². The lowest BCUT2D eigenvalue weighted by Crippen LogP contribution is -2.55. The molecule has 0 radical (unpaired) electrons. The standard InChI is InChI=1S/C12H17BrN2O2S.ClH/c1-8-11(14-6-7-17-8)12(16)15-5-4-9-2-3-10(13)18-9;/h2-3,8,11,14H,4-7H2,1H3,(H,15,16);1H/t8-,11+;/m1./s1. The molecule has 1 saturated heterocycles. The molecule has 2 atom stereocenters. The fourth-order valence-corrected chi connectivity index (χ4v) is 3.41. The van der Waals surface area contributed by atoms with Crippen LogP contribution in [0.25, 0.3) is 0 Å². The molecule has 7 heteroatoms. The van der Waals surface area contributed by atoms with Crippen molar-refractivity contribution >= 4 is 45.6 Å². The second-order valence-electron chi connectivity index (χ2n) is 4.25. The Morgan fingerprint density at radius 2 is 2.42 bits per heavy atom. The predicted octanol–water partition coefficient (Wildman–Crippen LogP) is 1.97. The van der Waals surface area contributed by atoms with Gasteiger partial charge in [0.1, 0.15) is 6.04 Å². The van der Waals surface area contributed by atoms with Gasteiger partial charge in [0, 0.05) is 18.0 Å². The molecular formula is C12H18BrClN2O2S. The summed E-state index contributed by atoms with van der Waals surface area (Å²) in [4.78, 5) is 13.2. The molecule has 2 rings (SSSR count). The Morgan fingerprint density at radius 1 is 1.63 bits per heavy atom. The first-order valence-corrected chi connectivity index (χ1v) is 7.64. The number of amides is 1. The molecule has 0 bridgehead atoms. The summed E-state index contributed by atoms with van der Waals surface area (Å²) in [7, 11) is 0. The van der Waals surface area contributed by atoms with Crippen LogP contribution >= 0.6 is 39.7 Å². The van der Waals surface area contributed by atoms with E-state index in [-0.39, 0.29) is 30.5 Å². The van der Waals surface area contributed by atoms with Crippen molar-refractivity contribution in [3.8, 4) is 0 Å². The normalized spacial score (nSPS) is 22.6. The van der Waals surface area contributed by atoms with Crippen LogP contribution < -0.4 is 10.6 Å². The number of carbonyl (C=O) groups excluding carboxylic acids is 1. The van der Waals surface area contributed by atoms with Crippen molar-refractivity contribution in [2.24, 2.45) is 0 Å². The second kappa shape index (κ2) is 8.21. The van der Waals surface area contributed by atoms with E-state index in [0.29, 0.717) is 13.2 Å². The number of hydrogen-bond donors (Lipinski definition) is 2. The maximum atomic E-state index is 11.9. The van der Waals surface area contributed by atoms with Crippen molar-refractivity contribution in [1.82, 2.24) is 10.6 Å². The van der Waals surface area contributed by atoms with Crippen LogP contribution in [-0.2, 0) is 16.0 Å². The minimum Gasteiger partial charge on any atom is -0.375 e. The van der Waals surface area contributed by atoms with E-state index in [1.165, 1.54) is 4.88 Å². The molecule has 1 fully saturated rings. The third-order valence-corrected chi connectivity index (χ3v) is 4.58. The third kappa shape index (κ3) is 5.04. The van der Waals surface area contributed by atoms with E-state index < -0.39 is 0 Å². The average Bonchev–Trinajstić information content (AvgIpc) is 2.75. The molecule has 1 aromatic heterocycles. The minimum absolute atomic E-state index is 0. The zero-order valence-corrected chi connectivity index (χ0v) is 13.9. The SMILES string of the molecule is C[C@H]1OCCN[C@@H]1C(=O)NCCc1ccc(Br)s1.Cl. The van der Waals surface area contributed by atoms with Crippen LogP contribution in [0.5, 0.6) is 0 Å². The minimum atomic E-state index is -0.228. The summed E-state index contributed by atoms with van der Waals surface area (Å²) in [5.74, 6) is 0.0258. The second-order valence-corrected chi connectivity index (χ2v) is 6.80. The molecule has 1 aromatic rings. The Kier molecular flexibility index (Phi) is 7.31. The van der Waals surface area contributed by atoms with Gasteiger partial charge in [-0.2, -0.15) is 0 Å². The van der Waals surface area contributed by atoms with Crippen molar-refractivity contribution in [2.75, 3.05) is 19.7 Å². The number of morpholine rings is 1. The van der Waals surface area contributed by atoms with Gasteiger partial charge in [-0.25, -0.2) is 0 Å². The van der Waals surface area contributed by atoms with E-state index in [9.17, 15) is 4.79 Å². The number of carbonyl (C=O) groups is 1. The van der Waals surface area contributed by atoms with Gasteiger partial charge >= 0.3 is 0 Å². The highest BCUT2D eigenvalue weighted by atomic mass is 79.9. The molecule has 0 saturated carbocycles. The summed E-state index contributed by atoms with van der Waals surface area (Å²) in [6, 6.07) is 3.88. The van der Waals surface area contributed by atoms with Crippen LogP contribution in [0.3, 0.4) is 0 Å². The topological polar surface area (TPSA) is 50.4 Å². The summed E-state index contributed by atoms with van der Waals surface area (Å²) in [6.07, 6.45) is 0.805. The van der Waals surface area contributed by atoms with Gasteiger partial charge < -0.3 is 15.4 Å². The quantitative estimate of drug-likeness (QED) is 0.853. The van der Waals surface area contributed by atoms with E-state index in [1.807, 2.05) is 13.0 Å². The van der Waals surface area contributed by atoms with Gasteiger partial charge in [0.05, 0.1) is 16.5 Å². The number of ether oxygens (including phenoxy) is 1. The number of hydrogen-bond acceptors (Lipinski definition) is 4. The van der Waals surface area contributed by atoms with Crippen LogP contribution in [-0.4, -0.2) is 37.7 Å². The van der Waals surface area contributed by atoms with E-state index in [2.05, 4.69) is 32.6 Å². The van der Waals surface area contributed by atoms with Crippen LogP contribution in [0.2, 0.25) is 0 Å². The molecule has 2 heterocycles. The smallest absolute Gasteiger partial charge is 0.239 e. The van der Waals surface area contributed by atoms with Crippen molar-refractivity contribution in [3.63, 3.8) is 0 Å². The van der Waals surface area contributed by atoms with Gasteiger partial charge in [-0.3, -0.25) is 4.79 Å². The first-order valence-electron chi connectivity index (χ1n) is 6.04. The van der Waals surface area contributed by atoms with Gasteiger partial charge in [-0.05, 0) is 41.4 Å². The molecule has 4 nitrogen and oxygen atoms in total. The summed E-state index contributed by atoms with van der Waals surface area (Å²) in [5.41, 5.74) is 0. The largest absolute Gasteiger partial charge is 0.375 e. The summed E-state index contributed by atoms with van der Waals surface area (Å²) in [6.45, 7) is 4.00. The Hall–Kier alpha value is -0.140. The monoisotopic (exact) mass is 368 g/mol. The zero-order chi connectivity index (χ0) is 13.0. The molecule has 0 aromatic carbocycles. The zero-order valence-electron chi connectivity index (χ0n) is 10.6. The third-order valence-electron chi connectivity index (χ3n) is 2.90. The number of nitrogens with one attached hydrogen (secondary N) is 2. The first kappa shape index (κ1) is 16.9.